The molecule has 18 heteroatoms. The Morgan fingerprint density at radius 3 is 1.53 bits per heavy atom. The molecule has 1 heterocycles. The van der Waals surface area contributed by atoms with Crippen molar-refractivity contribution in [2.24, 2.45) is 0 Å². The van der Waals surface area contributed by atoms with Gasteiger partial charge in [-0.2, -0.15) is 0 Å². The second-order valence-electron chi connectivity index (χ2n) is 14.0. The molecule has 0 unspecified atom stereocenters. The van der Waals surface area contributed by atoms with E-state index in [1.807, 2.05) is 0 Å². The van der Waals surface area contributed by atoms with Gasteiger partial charge in [0.05, 0.1) is 5.56 Å². The molecule has 18 nitrogen and oxygen atoms in total. The third-order valence-corrected chi connectivity index (χ3v) is 9.24. The molecule has 0 bridgehead atoms. The number of hydrogen-bond donors (Lipinski definition) is 0. The number of carbonyl (C=O) groups is 9. The molecule has 342 valence electrons. The highest BCUT2D eigenvalue weighted by Gasteiger charge is 2.39. The number of carbonyl (C=O) groups excluding carboxylic acids is 9. The predicted molar refractivity (Wildman–Crippen MR) is 221 cm³/mol. The Hall–Kier alpha value is -7.11. The molecule has 0 spiro atoms. The number of esters is 8. The van der Waals surface area contributed by atoms with Crippen LogP contribution in [0.3, 0.4) is 0 Å². The number of fused-ring (bicyclic) bond motifs is 1. The zero-order valence-corrected chi connectivity index (χ0v) is 36.8. The van der Waals surface area contributed by atoms with Gasteiger partial charge in [0, 0.05) is 93.5 Å². The molecular weight excluding hydrogens is 840 g/mol. The van der Waals surface area contributed by atoms with Crippen molar-refractivity contribution in [1.82, 2.24) is 0 Å². The quantitative estimate of drug-likeness (QED) is 0.0876. The van der Waals surface area contributed by atoms with Crippen LogP contribution < -0.4 is 37.9 Å². The summed E-state index contributed by atoms with van der Waals surface area (Å²) in [6.07, 6.45) is -3.86. The van der Waals surface area contributed by atoms with E-state index >= 15 is 0 Å². The molecule has 0 saturated heterocycles. The molecule has 0 amide bonds. The van der Waals surface area contributed by atoms with Gasteiger partial charge in [-0.05, 0) is 24.3 Å². The molecule has 3 aromatic rings. The summed E-state index contributed by atoms with van der Waals surface area (Å²) in [6, 6.07) is 7.51. The molecule has 0 saturated carbocycles. The van der Waals surface area contributed by atoms with Gasteiger partial charge in [-0.1, -0.05) is 48.5 Å². The highest BCUT2D eigenvalue weighted by Crippen LogP contribution is 2.48. The average Bonchev–Trinajstić information content (AvgIpc) is 3.27. The van der Waals surface area contributed by atoms with E-state index in [2.05, 4.69) is 0 Å². The summed E-state index contributed by atoms with van der Waals surface area (Å²) in [7, 11) is 0. The maximum absolute atomic E-state index is 14.4. The molecule has 2 atom stereocenters. The largest absolute Gasteiger partial charge is 0.481 e. The minimum absolute atomic E-state index is 0.00194. The first-order valence-corrected chi connectivity index (χ1v) is 20.8. The van der Waals surface area contributed by atoms with E-state index in [1.165, 1.54) is 58.0 Å². The SMILES string of the molecule is CCC(=O)Cc1cc(C(=O)O[C@@H]2Cc3c(OC(=O)CC)cc(OC(=O)CC)cc3O[C@@H]2c2cc(OC(=O)CC)c(OC(=O)CC)c(OC(=O)CC)c2)cc(OC(C)=O)c1OC(=O)CC. The van der Waals surface area contributed by atoms with Gasteiger partial charge in [-0.25, -0.2) is 4.79 Å². The summed E-state index contributed by atoms with van der Waals surface area (Å²) >= 11 is 0. The second-order valence-corrected chi connectivity index (χ2v) is 14.0. The fraction of sp³-hybridized carbons (Fsp3) is 0.413. The normalized spacial score (nSPS) is 13.8. The van der Waals surface area contributed by atoms with Crippen LogP contribution in [-0.2, 0) is 55.9 Å². The topological polar surface area (TPSA) is 237 Å². The summed E-state index contributed by atoms with van der Waals surface area (Å²) in [4.78, 5) is 115. The zero-order valence-electron chi connectivity index (χ0n) is 36.8. The zero-order chi connectivity index (χ0) is 47.2. The van der Waals surface area contributed by atoms with Crippen molar-refractivity contribution in [3.63, 3.8) is 0 Å². The van der Waals surface area contributed by atoms with Crippen molar-refractivity contribution in [1.29, 1.82) is 0 Å². The molecule has 0 radical (unpaired) electrons. The second kappa shape index (κ2) is 22.8. The van der Waals surface area contributed by atoms with Gasteiger partial charge in [-0.3, -0.25) is 38.4 Å². The Morgan fingerprint density at radius 1 is 0.531 bits per heavy atom. The lowest BCUT2D eigenvalue weighted by Crippen LogP contribution is -2.35. The van der Waals surface area contributed by atoms with Crippen molar-refractivity contribution < 1.29 is 85.8 Å². The summed E-state index contributed by atoms with van der Waals surface area (Å²) in [5.74, 6) is -8.42. The molecule has 0 fully saturated rings. The highest BCUT2D eigenvalue weighted by molar-refractivity contribution is 5.93. The van der Waals surface area contributed by atoms with E-state index in [9.17, 15) is 43.2 Å². The van der Waals surface area contributed by atoms with Gasteiger partial charge >= 0.3 is 47.8 Å². The van der Waals surface area contributed by atoms with E-state index in [1.54, 1.807) is 20.8 Å². The molecule has 1 aliphatic heterocycles. The van der Waals surface area contributed by atoms with Gasteiger partial charge in [0.1, 0.15) is 29.1 Å². The number of ketones is 1. The first-order valence-electron chi connectivity index (χ1n) is 20.8. The standard InChI is InChI=1S/C46H50O18/c1-9-28(48)17-25-16-27(20-33(56-24(8)47)44(25)63-41(53)14-6)46(55)62-36-23-30-31(58-38(50)11-3)21-29(57-37(49)10-2)22-32(30)61-43(36)26-18-34(59-39(51)12-4)45(64-42(54)15-7)35(19-26)60-40(52)13-5/h16,18-22,36,43H,9-15,17,23H2,1-8H3/t36-,43-/m1/s1. The lowest BCUT2D eigenvalue weighted by atomic mass is 9.93. The van der Waals surface area contributed by atoms with Crippen LogP contribution in [0.4, 0.5) is 0 Å². The smallest absolute Gasteiger partial charge is 0.338 e. The van der Waals surface area contributed by atoms with Gasteiger partial charge in [0.25, 0.3) is 0 Å². The first kappa shape index (κ1) is 49.5. The van der Waals surface area contributed by atoms with Crippen LogP contribution in [0.1, 0.15) is 133 Å². The summed E-state index contributed by atoms with van der Waals surface area (Å²) in [6.45, 7) is 11.9. The first-order chi connectivity index (χ1) is 30.5. The summed E-state index contributed by atoms with van der Waals surface area (Å²) in [5, 5.41) is 0. The molecule has 0 aliphatic carbocycles. The van der Waals surface area contributed by atoms with Crippen molar-refractivity contribution in [3.8, 4) is 46.0 Å². The Kier molecular flexibility index (Phi) is 17.7. The van der Waals surface area contributed by atoms with Crippen LogP contribution in [0.5, 0.6) is 46.0 Å². The maximum Gasteiger partial charge on any atom is 0.338 e. The Morgan fingerprint density at radius 2 is 1.02 bits per heavy atom. The number of Topliss-reactive ketones (excluding diaryl/α,β-unsaturated/α-hetero) is 1. The van der Waals surface area contributed by atoms with Crippen molar-refractivity contribution in [3.05, 3.63) is 58.7 Å². The Labute approximate surface area is 368 Å². The molecule has 0 aromatic heterocycles. The van der Waals surface area contributed by atoms with Crippen LogP contribution >= 0.6 is 0 Å². The highest BCUT2D eigenvalue weighted by atomic mass is 16.6. The van der Waals surface area contributed by atoms with Gasteiger partial charge in [0.15, 0.2) is 29.1 Å². The molecule has 4 rings (SSSR count). The van der Waals surface area contributed by atoms with Crippen LogP contribution in [0.25, 0.3) is 0 Å². The lowest BCUT2D eigenvalue weighted by Gasteiger charge is -2.35. The van der Waals surface area contributed by atoms with E-state index in [4.69, 9.17) is 42.6 Å². The van der Waals surface area contributed by atoms with Crippen molar-refractivity contribution in [2.45, 2.75) is 125 Å². The molecule has 1 aliphatic rings. The lowest BCUT2D eigenvalue weighted by molar-refractivity contribution is -0.137. The van der Waals surface area contributed by atoms with Gasteiger partial charge in [-0.15, -0.1) is 0 Å². The average molecular weight is 891 g/mol. The fourth-order valence-electron chi connectivity index (χ4n) is 5.93. The fourth-order valence-corrected chi connectivity index (χ4v) is 5.93. The van der Waals surface area contributed by atoms with Crippen LogP contribution in [0.2, 0.25) is 0 Å². The van der Waals surface area contributed by atoms with E-state index < -0.39 is 65.7 Å². The summed E-state index contributed by atoms with van der Waals surface area (Å²) < 4.78 is 51.3. The molecule has 64 heavy (non-hydrogen) atoms. The number of hydrogen-bond acceptors (Lipinski definition) is 18. The monoisotopic (exact) mass is 890 g/mol. The van der Waals surface area contributed by atoms with E-state index in [0.717, 1.165) is 13.0 Å². The van der Waals surface area contributed by atoms with Crippen LogP contribution in [0, 0.1) is 0 Å². The van der Waals surface area contributed by atoms with Crippen LogP contribution in [0.15, 0.2) is 36.4 Å². The molecule has 0 N–H and O–H groups in total. The minimum atomic E-state index is -1.42. The van der Waals surface area contributed by atoms with Crippen molar-refractivity contribution >= 4 is 53.5 Å². The van der Waals surface area contributed by atoms with Crippen molar-refractivity contribution in [2.75, 3.05) is 0 Å². The van der Waals surface area contributed by atoms with E-state index in [-0.39, 0.29) is 126 Å². The minimum Gasteiger partial charge on any atom is -0.481 e. The third-order valence-electron chi connectivity index (χ3n) is 9.24. The Bertz CT molecular complexity index is 2290. The molecular formula is C46H50O18. The molecule has 3 aromatic carbocycles. The number of benzene rings is 3. The van der Waals surface area contributed by atoms with Crippen LogP contribution in [-0.4, -0.2) is 59.6 Å². The number of rotatable bonds is 19. The number of ether oxygens (including phenoxy) is 9. The third kappa shape index (κ3) is 13.0. The van der Waals surface area contributed by atoms with E-state index in [0.29, 0.717) is 0 Å². The maximum atomic E-state index is 14.4. The Balaban J connectivity index is 2.01. The summed E-state index contributed by atoms with van der Waals surface area (Å²) in [5.41, 5.74) is 0.00305. The van der Waals surface area contributed by atoms with Gasteiger partial charge < -0.3 is 42.6 Å². The van der Waals surface area contributed by atoms with Gasteiger partial charge in [0.2, 0.25) is 5.75 Å². The predicted octanol–water partition coefficient (Wildman–Crippen LogP) is 6.93.